The number of carbonyl (C=O) groups excluding carboxylic acids is 1. The van der Waals surface area contributed by atoms with E-state index >= 15 is 0 Å². The van der Waals surface area contributed by atoms with E-state index in [1.165, 1.54) is 0 Å². The van der Waals surface area contributed by atoms with Crippen LogP contribution >= 0.6 is 0 Å². The van der Waals surface area contributed by atoms with Crippen LogP contribution in [0, 0.1) is 0 Å². The fourth-order valence-electron chi connectivity index (χ4n) is 1.73. The first-order valence-electron chi connectivity index (χ1n) is 6.19. The number of hydrogen-bond donors (Lipinski definition) is 2. The first-order chi connectivity index (χ1) is 9.24. The molecule has 0 spiro atoms. The van der Waals surface area contributed by atoms with E-state index in [9.17, 15) is 4.79 Å². The van der Waals surface area contributed by atoms with E-state index in [0.717, 1.165) is 18.4 Å². The van der Waals surface area contributed by atoms with Crippen LogP contribution in [0.5, 0.6) is 0 Å². The molecule has 1 aliphatic carbocycles. The lowest BCUT2D eigenvalue weighted by molar-refractivity contribution is 0.0937. The topological polar surface area (TPSA) is 94.0 Å². The Labute approximate surface area is 110 Å². The molecule has 0 radical (unpaired) electrons. The second-order valence-corrected chi connectivity index (χ2v) is 4.59. The molecule has 0 unspecified atom stereocenters. The molecule has 0 aliphatic heterocycles. The van der Waals surface area contributed by atoms with Gasteiger partial charge in [-0.05, 0) is 18.4 Å². The Kier molecular flexibility index (Phi) is 3.00. The zero-order valence-corrected chi connectivity index (χ0v) is 10.2. The lowest BCUT2D eigenvalue weighted by atomic mass is 10.1. The van der Waals surface area contributed by atoms with Crippen molar-refractivity contribution in [2.45, 2.75) is 24.9 Å². The van der Waals surface area contributed by atoms with Crippen molar-refractivity contribution < 1.29 is 9.32 Å². The first-order valence-corrected chi connectivity index (χ1v) is 6.19. The molecule has 3 rings (SSSR count). The van der Waals surface area contributed by atoms with E-state index < -0.39 is 6.04 Å². The van der Waals surface area contributed by atoms with Gasteiger partial charge in [0.25, 0.3) is 11.7 Å². The van der Waals surface area contributed by atoms with Crippen molar-refractivity contribution in [1.29, 1.82) is 0 Å². The van der Waals surface area contributed by atoms with E-state index in [2.05, 4.69) is 15.5 Å². The molecule has 1 aromatic heterocycles. The number of amides is 1. The van der Waals surface area contributed by atoms with Crippen LogP contribution in [0.15, 0.2) is 34.9 Å². The Bertz CT molecular complexity index is 577. The second kappa shape index (κ2) is 4.81. The van der Waals surface area contributed by atoms with Gasteiger partial charge >= 0.3 is 0 Å². The predicted molar refractivity (Wildman–Crippen MR) is 67.3 cm³/mol. The van der Waals surface area contributed by atoms with Gasteiger partial charge in [-0.15, -0.1) is 0 Å². The van der Waals surface area contributed by atoms with E-state index in [-0.39, 0.29) is 23.7 Å². The summed E-state index contributed by atoms with van der Waals surface area (Å²) in [6.07, 6.45) is 2.03. The van der Waals surface area contributed by atoms with E-state index in [0.29, 0.717) is 0 Å². The van der Waals surface area contributed by atoms with Gasteiger partial charge in [-0.3, -0.25) is 4.79 Å². The molecular weight excluding hydrogens is 244 g/mol. The summed E-state index contributed by atoms with van der Waals surface area (Å²) in [5.41, 5.74) is 6.88. The number of nitrogens with one attached hydrogen (secondary N) is 1. The van der Waals surface area contributed by atoms with Crippen LogP contribution in [0.25, 0.3) is 0 Å². The largest absolute Gasteiger partial charge is 0.346 e. The number of rotatable bonds is 4. The zero-order chi connectivity index (χ0) is 13.2. The van der Waals surface area contributed by atoms with Gasteiger partial charge in [0.15, 0.2) is 0 Å². The van der Waals surface area contributed by atoms with Crippen LogP contribution in [0.1, 0.15) is 41.0 Å². The highest BCUT2D eigenvalue weighted by Crippen LogP contribution is 2.20. The van der Waals surface area contributed by atoms with Crippen LogP contribution in [-0.4, -0.2) is 22.1 Å². The summed E-state index contributed by atoms with van der Waals surface area (Å²) in [5.74, 6) is -0.0295. The number of nitrogens with two attached hydrogens (primary N) is 1. The van der Waals surface area contributed by atoms with Gasteiger partial charge in [0, 0.05) is 6.04 Å². The van der Waals surface area contributed by atoms with Gasteiger partial charge in [0.05, 0.1) is 0 Å². The maximum atomic E-state index is 11.7. The molecule has 3 N–H and O–H groups in total. The molecule has 1 aliphatic rings. The van der Waals surface area contributed by atoms with Crippen molar-refractivity contribution in [2.24, 2.45) is 5.73 Å². The van der Waals surface area contributed by atoms with Gasteiger partial charge in [-0.1, -0.05) is 35.5 Å². The molecule has 6 heteroatoms. The van der Waals surface area contributed by atoms with Crippen LogP contribution in [0.4, 0.5) is 0 Å². The van der Waals surface area contributed by atoms with Crippen molar-refractivity contribution in [3.05, 3.63) is 47.6 Å². The van der Waals surface area contributed by atoms with Crippen molar-refractivity contribution in [2.75, 3.05) is 0 Å². The summed E-state index contributed by atoms with van der Waals surface area (Å²) < 4.78 is 5.06. The molecule has 1 amide bonds. The predicted octanol–water partition coefficient (Wildman–Crippen LogP) is 1.01. The molecule has 98 valence electrons. The molecule has 6 nitrogen and oxygen atoms in total. The SMILES string of the molecule is N[C@H](c1ccccc1)c1nc(C(=O)NC2CC2)no1. The lowest BCUT2D eigenvalue weighted by Crippen LogP contribution is -2.26. The van der Waals surface area contributed by atoms with Crippen molar-refractivity contribution in [1.82, 2.24) is 15.5 Å². The molecular formula is C13H14N4O2. The zero-order valence-electron chi connectivity index (χ0n) is 10.2. The van der Waals surface area contributed by atoms with Crippen molar-refractivity contribution >= 4 is 5.91 Å². The summed E-state index contributed by atoms with van der Waals surface area (Å²) in [6.45, 7) is 0. The van der Waals surface area contributed by atoms with Crippen LogP contribution in [-0.2, 0) is 0 Å². The Morgan fingerprint density at radius 1 is 1.37 bits per heavy atom. The molecule has 0 saturated heterocycles. The smallest absolute Gasteiger partial charge is 0.292 e. The molecule has 2 aromatic rings. The first kappa shape index (κ1) is 11.9. The molecule has 0 bridgehead atoms. The van der Waals surface area contributed by atoms with Gasteiger partial charge in [0.2, 0.25) is 5.89 Å². The maximum Gasteiger partial charge on any atom is 0.292 e. The Hall–Kier alpha value is -2.21. The monoisotopic (exact) mass is 258 g/mol. The summed E-state index contributed by atoms with van der Waals surface area (Å²) in [7, 11) is 0. The van der Waals surface area contributed by atoms with Crippen LogP contribution in [0.3, 0.4) is 0 Å². The van der Waals surface area contributed by atoms with Gasteiger partial charge in [-0.2, -0.15) is 4.98 Å². The average molecular weight is 258 g/mol. The summed E-state index contributed by atoms with van der Waals surface area (Å²) >= 11 is 0. The number of aromatic nitrogens is 2. The summed E-state index contributed by atoms with van der Waals surface area (Å²) in [4.78, 5) is 15.8. The van der Waals surface area contributed by atoms with Gasteiger partial charge < -0.3 is 15.6 Å². The molecule has 19 heavy (non-hydrogen) atoms. The van der Waals surface area contributed by atoms with Gasteiger partial charge in [-0.25, -0.2) is 0 Å². The number of carbonyl (C=O) groups is 1. The van der Waals surface area contributed by atoms with E-state index in [4.69, 9.17) is 10.3 Å². The number of hydrogen-bond acceptors (Lipinski definition) is 5. The van der Waals surface area contributed by atoms with E-state index in [1.54, 1.807) is 0 Å². The fraction of sp³-hybridized carbons (Fsp3) is 0.308. The minimum atomic E-state index is -0.517. The van der Waals surface area contributed by atoms with Crippen molar-refractivity contribution in [3.63, 3.8) is 0 Å². The Balaban J connectivity index is 1.75. The molecule has 1 atom stereocenters. The van der Waals surface area contributed by atoms with E-state index in [1.807, 2.05) is 30.3 Å². The highest BCUT2D eigenvalue weighted by molar-refractivity contribution is 5.90. The minimum absolute atomic E-state index is 0.0354. The summed E-state index contributed by atoms with van der Waals surface area (Å²) in [6, 6.07) is 9.16. The highest BCUT2D eigenvalue weighted by atomic mass is 16.5. The average Bonchev–Trinajstić information content (AvgIpc) is 3.11. The third kappa shape index (κ3) is 2.63. The maximum absolute atomic E-state index is 11.7. The summed E-state index contributed by atoms with van der Waals surface area (Å²) in [5, 5.41) is 6.46. The normalized spacial score (nSPS) is 16.1. The lowest BCUT2D eigenvalue weighted by Gasteiger charge is -2.05. The van der Waals surface area contributed by atoms with Crippen molar-refractivity contribution in [3.8, 4) is 0 Å². The highest BCUT2D eigenvalue weighted by Gasteiger charge is 2.27. The number of benzene rings is 1. The third-order valence-corrected chi connectivity index (χ3v) is 2.98. The fourth-order valence-corrected chi connectivity index (χ4v) is 1.73. The molecule has 1 saturated carbocycles. The molecule has 1 aromatic carbocycles. The molecule has 1 fully saturated rings. The Morgan fingerprint density at radius 3 is 2.79 bits per heavy atom. The quantitative estimate of drug-likeness (QED) is 0.853. The standard InChI is InChI=1S/C13H14N4O2/c14-10(8-4-2-1-3-5-8)13-16-11(17-19-13)12(18)15-9-6-7-9/h1-5,9-10H,6-7,14H2,(H,15,18)/t10-/m1/s1. The minimum Gasteiger partial charge on any atom is -0.346 e. The number of nitrogens with zero attached hydrogens (tertiary/aromatic N) is 2. The Morgan fingerprint density at radius 2 is 2.11 bits per heavy atom. The van der Waals surface area contributed by atoms with Crippen LogP contribution < -0.4 is 11.1 Å². The second-order valence-electron chi connectivity index (χ2n) is 4.59. The molecule has 1 heterocycles. The third-order valence-electron chi connectivity index (χ3n) is 2.98. The van der Waals surface area contributed by atoms with Gasteiger partial charge in [0.1, 0.15) is 6.04 Å². The van der Waals surface area contributed by atoms with Crippen LogP contribution in [0.2, 0.25) is 0 Å².